The van der Waals surface area contributed by atoms with Gasteiger partial charge in [0.15, 0.2) is 11.0 Å². The van der Waals surface area contributed by atoms with Gasteiger partial charge in [-0.05, 0) is 20.3 Å². The van der Waals surface area contributed by atoms with Gasteiger partial charge in [-0.15, -0.1) is 0 Å². The first-order chi connectivity index (χ1) is 7.59. The van der Waals surface area contributed by atoms with E-state index < -0.39 is 0 Å². The molecule has 1 aromatic rings. The van der Waals surface area contributed by atoms with E-state index in [4.69, 9.17) is 16.3 Å². The Hall–Kier alpha value is -0.870. The van der Waals surface area contributed by atoms with E-state index in [-0.39, 0.29) is 0 Å². The fourth-order valence-electron chi connectivity index (χ4n) is 1.79. The summed E-state index contributed by atoms with van der Waals surface area (Å²) in [4.78, 5) is 10.8. The van der Waals surface area contributed by atoms with Crippen molar-refractivity contribution in [3.8, 4) is 0 Å². The van der Waals surface area contributed by atoms with Crippen molar-refractivity contribution in [2.75, 3.05) is 25.2 Å². The highest BCUT2D eigenvalue weighted by Gasteiger charge is 2.23. The van der Waals surface area contributed by atoms with Gasteiger partial charge in [0.25, 0.3) is 0 Å². The number of aromatic nitrogens is 2. The zero-order valence-electron chi connectivity index (χ0n) is 9.83. The molecule has 88 valence electrons. The Morgan fingerprint density at radius 2 is 2.00 bits per heavy atom. The van der Waals surface area contributed by atoms with E-state index in [1.807, 2.05) is 20.9 Å². The summed E-state index contributed by atoms with van der Waals surface area (Å²) in [6, 6.07) is 0.355. The summed E-state index contributed by atoms with van der Waals surface area (Å²) in [6.07, 6.45) is 1.02. The van der Waals surface area contributed by atoms with Crippen LogP contribution in [-0.2, 0) is 4.74 Å². The third-order valence-corrected chi connectivity index (χ3v) is 3.29. The van der Waals surface area contributed by atoms with Crippen LogP contribution in [0.15, 0.2) is 0 Å². The molecular weight excluding hydrogens is 226 g/mol. The molecule has 0 N–H and O–H groups in total. The fourth-order valence-corrected chi connectivity index (χ4v) is 2.09. The molecule has 1 aliphatic rings. The highest BCUT2D eigenvalue weighted by molar-refractivity contribution is 6.31. The quantitative estimate of drug-likeness (QED) is 0.794. The Balaban J connectivity index is 2.28. The molecule has 0 saturated carbocycles. The summed E-state index contributed by atoms with van der Waals surface area (Å²) in [7, 11) is 1.99. The van der Waals surface area contributed by atoms with E-state index in [9.17, 15) is 0 Å². The lowest BCUT2D eigenvalue weighted by Gasteiger charge is -2.25. The second kappa shape index (κ2) is 4.55. The summed E-state index contributed by atoms with van der Waals surface area (Å²) in [5.41, 5.74) is 1.80. The van der Waals surface area contributed by atoms with Crippen LogP contribution in [0, 0.1) is 13.8 Å². The summed E-state index contributed by atoms with van der Waals surface area (Å²) >= 11 is 6.12. The molecule has 1 aliphatic heterocycles. The van der Waals surface area contributed by atoms with Gasteiger partial charge >= 0.3 is 0 Å². The average Bonchev–Trinajstić information content (AvgIpc) is 2.75. The minimum atomic E-state index is 0.355. The van der Waals surface area contributed by atoms with E-state index in [0.717, 1.165) is 36.8 Å². The molecule has 16 heavy (non-hydrogen) atoms. The zero-order valence-corrected chi connectivity index (χ0v) is 10.6. The molecule has 1 unspecified atom stereocenters. The molecule has 1 aromatic heterocycles. The van der Waals surface area contributed by atoms with Crippen LogP contribution in [0.25, 0.3) is 0 Å². The molecule has 1 fully saturated rings. The topological polar surface area (TPSA) is 38.2 Å². The average molecular weight is 242 g/mol. The Kier molecular flexibility index (Phi) is 3.30. The largest absolute Gasteiger partial charge is 0.379 e. The molecule has 0 aromatic carbocycles. The van der Waals surface area contributed by atoms with Crippen LogP contribution in [0.4, 0.5) is 5.82 Å². The van der Waals surface area contributed by atoms with Crippen molar-refractivity contribution >= 4 is 17.4 Å². The Morgan fingerprint density at radius 1 is 1.31 bits per heavy atom. The minimum Gasteiger partial charge on any atom is -0.379 e. The van der Waals surface area contributed by atoms with Crippen molar-refractivity contribution in [1.82, 2.24) is 9.97 Å². The molecule has 4 nitrogen and oxygen atoms in total. The van der Waals surface area contributed by atoms with Crippen LogP contribution in [-0.4, -0.2) is 36.3 Å². The SMILES string of the molecule is Cc1nc(Cl)c(N(C)C2CCOC2)nc1C. The minimum absolute atomic E-state index is 0.355. The molecule has 0 bridgehead atoms. The number of halogens is 1. The van der Waals surface area contributed by atoms with Gasteiger partial charge in [0, 0.05) is 13.7 Å². The maximum Gasteiger partial charge on any atom is 0.171 e. The second-order valence-electron chi connectivity index (χ2n) is 4.14. The molecule has 2 rings (SSSR count). The summed E-state index contributed by atoms with van der Waals surface area (Å²) in [5.74, 6) is 0.750. The number of rotatable bonds is 2. The van der Waals surface area contributed by atoms with Gasteiger partial charge in [-0.25, -0.2) is 9.97 Å². The van der Waals surface area contributed by atoms with Gasteiger partial charge in [-0.3, -0.25) is 0 Å². The number of hydrogen-bond acceptors (Lipinski definition) is 4. The zero-order chi connectivity index (χ0) is 11.7. The monoisotopic (exact) mass is 241 g/mol. The van der Waals surface area contributed by atoms with Gasteiger partial charge in [0.05, 0.1) is 24.0 Å². The first-order valence-corrected chi connectivity index (χ1v) is 5.78. The standard InChI is InChI=1S/C11H16ClN3O/c1-7-8(2)14-11(10(12)13-7)15(3)9-4-5-16-6-9/h9H,4-6H2,1-3H3. The van der Waals surface area contributed by atoms with Crippen molar-refractivity contribution in [2.24, 2.45) is 0 Å². The van der Waals surface area contributed by atoms with E-state index in [0.29, 0.717) is 11.2 Å². The summed E-state index contributed by atoms with van der Waals surface area (Å²) < 4.78 is 5.36. The summed E-state index contributed by atoms with van der Waals surface area (Å²) in [5, 5.41) is 0.470. The van der Waals surface area contributed by atoms with Crippen molar-refractivity contribution in [2.45, 2.75) is 26.3 Å². The molecule has 0 aliphatic carbocycles. The van der Waals surface area contributed by atoms with E-state index in [1.165, 1.54) is 0 Å². The lowest BCUT2D eigenvalue weighted by Crippen LogP contribution is -2.33. The van der Waals surface area contributed by atoms with E-state index in [1.54, 1.807) is 0 Å². The number of hydrogen-bond donors (Lipinski definition) is 0. The van der Waals surface area contributed by atoms with Gasteiger partial charge in [-0.2, -0.15) is 0 Å². The van der Waals surface area contributed by atoms with Crippen molar-refractivity contribution in [1.29, 1.82) is 0 Å². The van der Waals surface area contributed by atoms with Crippen molar-refractivity contribution < 1.29 is 4.74 Å². The van der Waals surface area contributed by atoms with E-state index >= 15 is 0 Å². The number of anilines is 1. The van der Waals surface area contributed by atoms with Crippen LogP contribution in [0.1, 0.15) is 17.8 Å². The number of nitrogens with zero attached hydrogens (tertiary/aromatic N) is 3. The molecule has 1 saturated heterocycles. The maximum absolute atomic E-state index is 6.12. The lowest BCUT2D eigenvalue weighted by molar-refractivity contribution is 0.193. The molecular formula is C11H16ClN3O. The maximum atomic E-state index is 6.12. The predicted molar refractivity (Wildman–Crippen MR) is 64.1 cm³/mol. The highest BCUT2D eigenvalue weighted by atomic mass is 35.5. The Morgan fingerprint density at radius 3 is 2.62 bits per heavy atom. The van der Waals surface area contributed by atoms with Crippen LogP contribution in [0.3, 0.4) is 0 Å². The number of aryl methyl sites for hydroxylation is 2. The van der Waals surface area contributed by atoms with Gasteiger partial charge < -0.3 is 9.64 Å². The first-order valence-electron chi connectivity index (χ1n) is 5.41. The smallest absolute Gasteiger partial charge is 0.171 e. The lowest BCUT2D eigenvalue weighted by atomic mass is 10.2. The third-order valence-electron chi connectivity index (χ3n) is 3.04. The van der Waals surface area contributed by atoms with Gasteiger partial charge in [-0.1, -0.05) is 11.6 Å². The number of ether oxygens (including phenoxy) is 1. The molecule has 0 amide bonds. The Bertz CT molecular complexity index is 391. The molecule has 0 spiro atoms. The van der Waals surface area contributed by atoms with E-state index in [2.05, 4.69) is 14.9 Å². The predicted octanol–water partition coefficient (Wildman–Crippen LogP) is 1.97. The third kappa shape index (κ3) is 2.13. The van der Waals surface area contributed by atoms with Crippen LogP contribution < -0.4 is 4.90 Å². The van der Waals surface area contributed by atoms with Gasteiger partial charge in [0.1, 0.15) is 0 Å². The van der Waals surface area contributed by atoms with Crippen LogP contribution >= 0.6 is 11.6 Å². The van der Waals surface area contributed by atoms with Crippen molar-refractivity contribution in [3.05, 3.63) is 16.5 Å². The number of likely N-dealkylation sites (N-methyl/N-ethyl adjacent to an activating group) is 1. The molecule has 1 atom stereocenters. The molecule has 2 heterocycles. The molecule has 5 heteroatoms. The second-order valence-corrected chi connectivity index (χ2v) is 4.50. The normalized spacial score (nSPS) is 20.1. The van der Waals surface area contributed by atoms with Crippen molar-refractivity contribution in [3.63, 3.8) is 0 Å². The molecule has 0 radical (unpaired) electrons. The Labute approximate surface area is 101 Å². The summed E-state index contributed by atoms with van der Waals surface area (Å²) in [6.45, 7) is 5.41. The fraction of sp³-hybridized carbons (Fsp3) is 0.636. The highest BCUT2D eigenvalue weighted by Crippen LogP contribution is 2.25. The first kappa shape index (κ1) is 11.6. The van der Waals surface area contributed by atoms with Crippen LogP contribution in [0.5, 0.6) is 0 Å². The van der Waals surface area contributed by atoms with Gasteiger partial charge in [0.2, 0.25) is 0 Å². The van der Waals surface area contributed by atoms with Crippen LogP contribution in [0.2, 0.25) is 5.15 Å².